The maximum atomic E-state index is 11.5. The average Bonchev–Trinajstić information content (AvgIpc) is 2.93. The number of anilines is 1. The molecule has 0 fully saturated rings. The minimum atomic E-state index is -0.423. The first-order valence-electron chi connectivity index (χ1n) is 6.32. The van der Waals surface area contributed by atoms with Crippen molar-refractivity contribution in [3.05, 3.63) is 52.2 Å². The molecule has 2 nitrogen and oxygen atoms in total. The molecule has 1 heterocycles. The van der Waals surface area contributed by atoms with Crippen molar-refractivity contribution in [2.24, 2.45) is 0 Å². The molecule has 0 saturated carbocycles. The van der Waals surface area contributed by atoms with Crippen molar-refractivity contribution in [2.45, 2.75) is 18.8 Å². The molecule has 0 aliphatic carbocycles. The molecule has 0 aliphatic heterocycles. The van der Waals surface area contributed by atoms with Crippen molar-refractivity contribution < 1.29 is 4.79 Å². The first-order valence-corrected chi connectivity index (χ1v) is 7.20. The number of rotatable bonds is 5. The molecular weight excluding hydrogens is 254 g/mol. The molecule has 1 aromatic heterocycles. The smallest absolute Gasteiger partial charge is 0.131 e. The minimum absolute atomic E-state index is 0.423. The Bertz CT molecular complexity index is 530. The van der Waals surface area contributed by atoms with Crippen LogP contribution in [0.1, 0.15) is 17.4 Å². The van der Waals surface area contributed by atoms with Gasteiger partial charge in [0.25, 0.3) is 0 Å². The number of benzene rings is 1. The molecular formula is C16H19NOS. The Morgan fingerprint density at radius 1 is 1.21 bits per heavy atom. The van der Waals surface area contributed by atoms with Gasteiger partial charge in [-0.1, -0.05) is 18.2 Å². The highest BCUT2D eigenvalue weighted by atomic mass is 32.1. The van der Waals surface area contributed by atoms with Gasteiger partial charge in [0.1, 0.15) is 6.29 Å². The van der Waals surface area contributed by atoms with Crippen LogP contribution in [0.4, 0.5) is 5.69 Å². The van der Waals surface area contributed by atoms with Crippen LogP contribution in [0.5, 0.6) is 0 Å². The summed E-state index contributed by atoms with van der Waals surface area (Å²) in [7, 11) is 4.05. The van der Waals surface area contributed by atoms with Gasteiger partial charge in [-0.15, -0.1) is 11.3 Å². The molecule has 0 aliphatic rings. The molecule has 0 radical (unpaired) electrons. The van der Waals surface area contributed by atoms with Crippen LogP contribution in [0.2, 0.25) is 0 Å². The SMILES string of the molecule is CN(C)c1ccc(CC(C)(C=O)c2cccs2)cc1. The van der Waals surface area contributed by atoms with E-state index in [-0.39, 0.29) is 0 Å². The monoisotopic (exact) mass is 273 g/mol. The van der Waals surface area contributed by atoms with E-state index in [2.05, 4.69) is 29.2 Å². The van der Waals surface area contributed by atoms with Gasteiger partial charge in [0.15, 0.2) is 0 Å². The fraction of sp³-hybridized carbons (Fsp3) is 0.312. The first-order chi connectivity index (χ1) is 9.05. The van der Waals surface area contributed by atoms with Gasteiger partial charge in [0, 0.05) is 24.7 Å². The molecule has 2 aromatic rings. The van der Waals surface area contributed by atoms with E-state index in [0.717, 1.165) is 17.6 Å². The van der Waals surface area contributed by atoms with E-state index in [4.69, 9.17) is 0 Å². The Hall–Kier alpha value is -1.61. The molecule has 0 N–H and O–H groups in total. The maximum Gasteiger partial charge on any atom is 0.131 e. The summed E-state index contributed by atoms with van der Waals surface area (Å²) in [5, 5.41) is 2.02. The van der Waals surface area contributed by atoms with Crippen LogP contribution in [0, 0.1) is 0 Å². The molecule has 0 amide bonds. The van der Waals surface area contributed by atoms with Crippen LogP contribution >= 0.6 is 11.3 Å². The van der Waals surface area contributed by atoms with Crippen molar-refractivity contribution in [1.29, 1.82) is 0 Å². The number of carbonyl (C=O) groups is 1. The molecule has 1 atom stereocenters. The molecule has 19 heavy (non-hydrogen) atoms. The minimum Gasteiger partial charge on any atom is -0.378 e. The highest BCUT2D eigenvalue weighted by Gasteiger charge is 2.27. The molecule has 2 rings (SSSR count). The molecule has 100 valence electrons. The van der Waals surface area contributed by atoms with Gasteiger partial charge < -0.3 is 9.69 Å². The highest BCUT2D eigenvalue weighted by molar-refractivity contribution is 7.10. The molecule has 0 spiro atoms. The van der Waals surface area contributed by atoms with E-state index in [1.54, 1.807) is 11.3 Å². The Labute approximate surface area is 118 Å². The van der Waals surface area contributed by atoms with Gasteiger partial charge in [0.2, 0.25) is 0 Å². The fourth-order valence-electron chi connectivity index (χ4n) is 2.13. The van der Waals surface area contributed by atoms with Crippen LogP contribution in [0.15, 0.2) is 41.8 Å². The second kappa shape index (κ2) is 5.57. The van der Waals surface area contributed by atoms with Gasteiger partial charge >= 0.3 is 0 Å². The number of hydrogen-bond donors (Lipinski definition) is 0. The Balaban J connectivity index is 2.21. The quantitative estimate of drug-likeness (QED) is 0.777. The summed E-state index contributed by atoms with van der Waals surface area (Å²) in [5.41, 5.74) is 1.94. The van der Waals surface area contributed by atoms with Crippen LogP contribution < -0.4 is 4.90 Å². The summed E-state index contributed by atoms with van der Waals surface area (Å²) in [6.07, 6.45) is 1.81. The lowest BCUT2D eigenvalue weighted by Gasteiger charge is -2.22. The number of aldehydes is 1. The summed E-state index contributed by atoms with van der Waals surface area (Å²) in [4.78, 5) is 14.7. The maximum absolute atomic E-state index is 11.5. The fourth-order valence-corrected chi connectivity index (χ4v) is 2.98. The first kappa shape index (κ1) is 13.8. The molecule has 1 aromatic carbocycles. The number of thiophene rings is 1. The van der Waals surface area contributed by atoms with E-state index in [1.165, 1.54) is 11.3 Å². The number of carbonyl (C=O) groups excluding carboxylic acids is 1. The highest BCUT2D eigenvalue weighted by Crippen LogP contribution is 2.30. The van der Waals surface area contributed by atoms with E-state index in [1.807, 2.05) is 38.5 Å². The van der Waals surface area contributed by atoms with E-state index in [0.29, 0.717) is 0 Å². The third-order valence-corrected chi connectivity index (χ3v) is 4.52. The lowest BCUT2D eigenvalue weighted by Crippen LogP contribution is -2.25. The number of hydrogen-bond acceptors (Lipinski definition) is 3. The zero-order chi connectivity index (χ0) is 13.9. The number of nitrogens with zero attached hydrogens (tertiary/aromatic N) is 1. The van der Waals surface area contributed by atoms with Crippen molar-refractivity contribution in [3.8, 4) is 0 Å². The normalized spacial score (nSPS) is 13.8. The Morgan fingerprint density at radius 3 is 2.37 bits per heavy atom. The van der Waals surface area contributed by atoms with Crippen LogP contribution in [0.3, 0.4) is 0 Å². The molecule has 3 heteroatoms. The third kappa shape index (κ3) is 3.04. The summed E-state index contributed by atoms with van der Waals surface area (Å²) in [6.45, 7) is 2.01. The Morgan fingerprint density at radius 2 is 1.89 bits per heavy atom. The Kier molecular flexibility index (Phi) is 4.05. The second-order valence-corrected chi connectivity index (χ2v) is 6.20. The van der Waals surface area contributed by atoms with Crippen molar-refractivity contribution in [3.63, 3.8) is 0 Å². The van der Waals surface area contributed by atoms with Crippen molar-refractivity contribution >= 4 is 23.3 Å². The summed E-state index contributed by atoms with van der Waals surface area (Å²) in [5.74, 6) is 0. The summed E-state index contributed by atoms with van der Waals surface area (Å²) >= 11 is 1.64. The zero-order valence-electron chi connectivity index (χ0n) is 11.6. The molecule has 0 bridgehead atoms. The lowest BCUT2D eigenvalue weighted by molar-refractivity contribution is -0.112. The topological polar surface area (TPSA) is 20.3 Å². The lowest BCUT2D eigenvalue weighted by atomic mass is 9.83. The van der Waals surface area contributed by atoms with Gasteiger partial charge in [0.05, 0.1) is 5.41 Å². The third-order valence-electron chi connectivity index (χ3n) is 3.37. The van der Waals surface area contributed by atoms with Crippen molar-refractivity contribution in [1.82, 2.24) is 0 Å². The summed E-state index contributed by atoms with van der Waals surface area (Å²) in [6, 6.07) is 12.4. The summed E-state index contributed by atoms with van der Waals surface area (Å²) < 4.78 is 0. The van der Waals surface area contributed by atoms with Gasteiger partial charge in [-0.2, -0.15) is 0 Å². The predicted octanol–water partition coefficient (Wildman–Crippen LogP) is 3.51. The second-order valence-electron chi connectivity index (χ2n) is 5.25. The zero-order valence-corrected chi connectivity index (χ0v) is 12.4. The standard InChI is InChI=1S/C16H19NOS/c1-16(12-18,15-5-4-10-19-15)11-13-6-8-14(9-7-13)17(2)3/h4-10,12H,11H2,1-3H3. The van der Waals surface area contributed by atoms with E-state index in [9.17, 15) is 4.79 Å². The van der Waals surface area contributed by atoms with Crippen LogP contribution in [-0.2, 0) is 16.6 Å². The molecule has 0 saturated heterocycles. The van der Waals surface area contributed by atoms with Gasteiger partial charge in [-0.05, 0) is 42.5 Å². The predicted molar refractivity (Wildman–Crippen MR) is 82.2 cm³/mol. The largest absolute Gasteiger partial charge is 0.378 e. The molecule has 1 unspecified atom stereocenters. The van der Waals surface area contributed by atoms with Crippen LogP contribution in [0.25, 0.3) is 0 Å². The van der Waals surface area contributed by atoms with E-state index >= 15 is 0 Å². The van der Waals surface area contributed by atoms with Crippen LogP contribution in [-0.4, -0.2) is 20.4 Å². The van der Waals surface area contributed by atoms with Gasteiger partial charge in [-0.3, -0.25) is 0 Å². The van der Waals surface area contributed by atoms with Gasteiger partial charge in [-0.25, -0.2) is 0 Å². The van der Waals surface area contributed by atoms with E-state index < -0.39 is 5.41 Å². The average molecular weight is 273 g/mol. The van der Waals surface area contributed by atoms with Crippen molar-refractivity contribution in [2.75, 3.05) is 19.0 Å².